The summed E-state index contributed by atoms with van der Waals surface area (Å²) in [6, 6.07) is 6.53. The number of carbonyl (C=O) groups excluding carboxylic acids is 2. The molecular weight excluding hydrogens is 284 g/mol. The maximum atomic E-state index is 11.2. The van der Waals surface area contributed by atoms with Crippen LogP contribution in [-0.2, 0) is 14.4 Å². The van der Waals surface area contributed by atoms with Crippen LogP contribution in [0.3, 0.4) is 0 Å². The van der Waals surface area contributed by atoms with Crippen LogP contribution in [0.2, 0.25) is 0 Å². The Morgan fingerprint density at radius 3 is 2.55 bits per heavy atom. The summed E-state index contributed by atoms with van der Waals surface area (Å²) in [4.78, 5) is 32.8. The summed E-state index contributed by atoms with van der Waals surface area (Å²) in [5.41, 5.74) is 1.04. The molecule has 0 aliphatic heterocycles. The highest BCUT2D eigenvalue weighted by Crippen LogP contribution is 2.19. The Balaban J connectivity index is 0.00000135. The second-order valence-corrected chi connectivity index (χ2v) is 4.34. The van der Waals surface area contributed by atoms with E-state index in [1.807, 2.05) is 6.92 Å². The summed E-state index contributed by atoms with van der Waals surface area (Å²) in [5, 5.41) is 14.2. The van der Waals surface area contributed by atoms with E-state index in [1.165, 1.54) is 0 Å². The van der Waals surface area contributed by atoms with Crippen LogP contribution in [0.4, 0.5) is 5.69 Å². The van der Waals surface area contributed by atoms with Crippen LogP contribution in [0.1, 0.15) is 31.7 Å². The van der Waals surface area contributed by atoms with Gasteiger partial charge in [0.05, 0.1) is 5.92 Å². The Bertz CT molecular complexity index is 515. The van der Waals surface area contributed by atoms with Crippen molar-refractivity contribution in [2.45, 2.75) is 26.2 Å². The fourth-order valence-electron chi connectivity index (χ4n) is 1.60. The van der Waals surface area contributed by atoms with Crippen molar-refractivity contribution in [2.75, 3.05) is 11.9 Å². The molecule has 0 saturated carbocycles. The fraction of sp³-hybridized carbons (Fsp3) is 0.312. The lowest BCUT2D eigenvalue weighted by Gasteiger charge is -2.14. The van der Waals surface area contributed by atoms with Crippen molar-refractivity contribution in [2.24, 2.45) is 0 Å². The number of hydrogen-bond donors (Lipinski definition) is 3. The number of anilines is 1. The van der Waals surface area contributed by atoms with Gasteiger partial charge in [0.1, 0.15) is 0 Å². The number of hydrogen-bond acceptors (Lipinski definition) is 3. The van der Waals surface area contributed by atoms with E-state index in [1.54, 1.807) is 37.3 Å². The fourth-order valence-corrected chi connectivity index (χ4v) is 1.60. The maximum Gasteiger partial charge on any atom is 0.312 e. The number of rotatable bonds is 7. The van der Waals surface area contributed by atoms with Gasteiger partial charge in [-0.15, -0.1) is 6.58 Å². The minimum absolute atomic E-state index is 0.0204. The zero-order valence-corrected chi connectivity index (χ0v) is 12.8. The van der Waals surface area contributed by atoms with E-state index in [4.69, 9.17) is 0 Å². The highest BCUT2D eigenvalue weighted by Gasteiger charge is 2.20. The van der Waals surface area contributed by atoms with Gasteiger partial charge in [0.15, 0.2) is 0 Å². The molecule has 3 N–H and O–H groups in total. The summed E-state index contributed by atoms with van der Waals surface area (Å²) in [7, 11) is 0. The average molecular weight is 306 g/mol. The first-order valence-electron chi connectivity index (χ1n) is 6.86. The molecule has 0 saturated heterocycles. The van der Waals surface area contributed by atoms with Crippen LogP contribution in [0, 0.1) is 0 Å². The van der Waals surface area contributed by atoms with Gasteiger partial charge in [-0.05, 0) is 24.6 Å². The molecule has 0 heterocycles. The summed E-state index contributed by atoms with van der Waals surface area (Å²) in [5.74, 6) is -2.07. The number of nitrogens with one attached hydrogen (secondary N) is 2. The van der Waals surface area contributed by atoms with Crippen molar-refractivity contribution >= 4 is 24.0 Å². The van der Waals surface area contributed by atoms with Gasteiger partial charge < -0.3 is 15.7 Å². The molecule has 0 bridgehead atoms. The smallest absolute Gasteiger partial charge is 0.312 e. The Kier molecular flexibility index (Phi) is 9.75. The standard InChI is InChI=1S/C13H16N2O4.C3H6/c1-2-12(17)14-7-11(13(18)19)9-4-3-5-10(6-9)15-8-16;1-3-2/h3-6,8,11H,2,7H2,1H3,(H,14,17)(H,15,16)(H,18,19);3H,1H2,2H3/t11-;/m1./s1. The van der Waals surface area contributed by atoms with Crippen LogP contribution in [0.25, 0.3) is 0 Å². The lowest BCUT2D eigenvalue weighted by Crippen LogP contribution is -2.31. The third-order valence-electron chi connectivity index (χ3n) is 2.64. The van der Waals surface area contributed by atoms with E-state index in [-0.39, 0.29) is 12.5 Å². The monoisotopic (exact) mass is 306 g/mol. The third kappa shape index (κ3) is 7.23. The average Bonchev–Trinajstić information content (AvgIpc) is 2.48. The lowest BCUT2D eigenvalue weighted by atomic mass is 9.98. The van der Waals surface area contributed by atoms with E-state index in [9.17, 15) is 19.5 Å². The molecule has 22 heavy (non-hydrogen) atoms. The molecule has 6 heteroatoms. The van der Waals surface area contributed by atoms with Crippen LogP contribution in [-0.4, -0.2) is 29.9 Å². The highest BCUT2D eigenvalue weighted by atomic mass is 16.4. The van der Waals surface area contributed by atoms with Crippen molar-refractivity contribution in [1.82, 2.24) is 5.32 Å². The molecule has 1 atom stereocenters. The molecule has 120 valence electrons. The number of benzene rings is 1. The topological polar surface area (TPSA) is 95.5 Å². The lowest BCUT2D eigenvalue weighted by molar-refractivity contribution is -0.138. The molecule has 1 rings (SSSR count). The number of allylic oxidation sites excluding steroid dienone is 1. The number of aliphatic carboxylic acids is 1. The van der Waals surface area contributed by atoms with Gasteiger partial charge in [-0.25, -0.2) is 0 Å². The SMILES string of the molecule is C=CC.CCC(=O)NC[C@@H](C(=O)O)c1cccc(NC=O)c1. The summed E-state index contributed by atoms with van der Waals surface area (Å²) < 4.78 is 0. The predicted molar refractivity (Wildman–Crippen MR) is 85.7 cm³/mol. The van der Waals surface area contributed by atoms with Crippen LogP contribution in [0.5, 0.6) is 0 Å². The maximum absolute atomic E-state index is 11.2. The van der Waals surface area contributed by atoms with Gasteiger partial charge in [-0.2, -0.15) is 0 Å². The van der Waals surface area contributed by atoms with Crippen molar-refractivity contribution in [1.29, 1.82) is 0 Å². The Hall–Kier alpha value is -2.63. The summed E-state index contributed by atoms with van der Waals surface area (Å²) in [6.45, 7) is 6.96. The van der Waals surface area contributed by atoms with Gasteiger partial charge in [0, 0.05) is 18.7 Å². The normalized spacial score (nSPS) is 10.5. The molecule has 1 aromatic rings. The zero-order valence-electron chi connectivity index (χ0n) is 12.8. The molecule has 0 radical (unpaired) electrons. The van der Waals surface area contributed by atoms with E-state index in [0.717, 1.165) is 0 Å². The second kappa shape index (κ2) is 11.1. The molecule has 1 aromatic carbocycles. The highest BCUT2D eigenvalue weighted by molar-refractivity contribution is 5.80. The van der Waals surface area contributed by atoms with Crippen molar-refractivity contribution in [3.8, 4) is 0 Å². The molecule has 0 aromatic heterocycles. The Morgan fingerprint density at radius 2 is 2.05 bits per heavy atom. The largest absolute Gasteiger partial charge is 0.481 e. The first kappa shape index (κ1) is 19.4. The third-order valence-corrected chi connectivity index (χ3v) is 2.64. The Labute approximate surface area is 130 Å². The van der Waals surface area contributed by atoms with Gasteiger partial charge >= 0.3 is 5.97 Å². The summed E-state index contributed by atoms with van der Waals surface area (Å²) in [6.07, 6.45) is 2.58. The van der Waals surface area contributed by atoms with E-state index in [0.29, 0.717) is 24.1 Å². The van der Waals surface area contributed by atoms with Crippen LogP contribution in [0.15, 0.2) is 36.9 Å². The molecule has 0 aliphatic carbocycles. The molecular formula is C16H22N2O4. The number of amides is 2. The first-order valence-corrected chi connectivity index (χ1v) is 6.86. The number of carboxylic acids is 1. The quantitative estimate of drug-likeness (QED) is 0.531. The molecule has 0 fully saturated rings. The van der Waals surface area contributed by atoms with Crippen LogP contribution >= 0.6 is 0 Å². The molecule has 2 amide bonds. The minimum Gasteiger partial charge on any atom is -0.481 e. The second-order valence-electron chi connectivity index (χ2n) is 4.34. The number of carboxylic acid groups (broad SMARTS) is 1. The molecule has 0 unspecified atom stereocenters. The predicted octanol–water partition coefficient (Wildman–Crippen LogP) is 2.14. The van der Waals surface area contributed by atoms with Crippen LogP contribution < -0.4 is 10.6 Å². The van der Waals surface area contributed by atoms with Gasteiger partial charge in [-0.1, -0.05) is 25.1 Å². The van der Waals surface area contributed by atoms with E-state index < -0.39 is 11.9 Å². The molecule has 0 spiro atoms. The Morgan fingerprint density at radius 1 is 1.41 bits per heavy atom. The van der Waals surface area contributed by atoms with Gasteiger partial charge in [-0.3, -0.25) is 14.4 Å². The van der Waals surface area contributed by atoms with E-state index >= 15 is 0 Å². The van der Waals surface area contributed by atoms with Gasteiger partial charge in [0.2, 0.25) is 12.3 Å². The molecule has 6 nitrogen and oxygen atoms in total. The molecule has 0 aliphatic rings. The van der Waals surface area contributed by atoms with Gasteiger partial charge in [0.25, 0.3) is 0 Å². The minimum atomic E-state index is -1.03. The van der Waals surface area contributed by atoms with Crippen molar-refractivity contribution < 1.29 is 19.5 Å². The summed E-state index contributed by atoms with van der Waals surface area (Å²) >= 11 is 0. The zero-order chi connectivity index (χ0) is 17.0. The van der Waals surface area contributed by atoms with E-state index in [2.05, 4.69) is 17.2 Å². The van der Waals surface area contributed by atoms with Crippen molar-refractivity contribution in [3.05, 3.63) is 42.5 Å². The number of carbonyl (C=O) groups is 3. The first-order chi connectivity index (χ1) is 10.5. The van der Waals surface area contributed by atoms with Crippen molar-refractivity contribution in [3.63, 3.8) is 0 Å².